The van der Waals surface area contributed by atoms with Crippen LogP contribution >= 0.6 is 11.3 Å². The number of nitrogens with zero attached hydrogens (tertiary/aromatic N) is 2. The summed E-state index contributed by atoms with van der Waals surface area (Å²) < 4.78 is 6.38. The summed E-state index contributed by atoms with van der Waals surface area (Å²) in [5.74, 6) is 0.890. The molecule has 0 aliphatic carbocycles. The van der Waals surface area contributed by atoms with Gasteiger partial charge in [0.2, 0.25) is 5.91 Å². The summed E-state index contributed by atoms with van der Waals surface area (Å²) >= 11 is 1.64. The number of methoxy groups -OCH3 is 1. The molecule has 0 saturated carbocycles. The molecule has 1 fully saturated rings. The third-order valence-corrected chi connectivity index (χ3v) is 5.89. The number of piperidine rings is 1. The molecule has 1 N–H and O–H groups in total. The van der Waals surface area contributed by atoms with E-state index in [1.807, 2.05) is 42.5 Å². The Labute approximate surface area is 163 Å². The number of carbonyl (C=O) groups is 1. The first-order chi connectivity index (χ1) is 13.2. The fourth-order valence-electron chi connectivity index (χ4n) is 3.37. The lowest BCUT2D eigenvalue weighted by molar-refractivity contribution is -0.117. The summed E-state index contributed by atoms with van der Waals surface area (Å²) in [5.41, 5.74) is 2.84. The van der Waals surface area contributed by atoms with Gasteiger partial charge >= 0.3 is 0 Å². The molecule has 6 heteroatoms. The van der Waals surface area contributed by atoms with E-state index in [2.05, 4.69) is 10.2 Å². The van der Waals surface area contributed by atoms with Crippen LogP contribution in [0.2, 0.25) is 0 Å². The number of ether oxygens (including phenoxy) is 1. The fraction of sp³-hybridized carbons (Fsp3) is 0.333. The van der Waals surface area contributed by atoms with Crippen LogP contribution in [0, 0.1) is 0 Å². The van der Waals surface area contributed by atoms with E-state index in [4.69, 9.17) is 9.72 Å². The van der Waals surface area contributed by atoms with Crippen molar-refractivity contribution >= 4 is 33.1 Å². The lowest BCUT2D eigenvalue weighted by Gasteiger charge is -2.25. The molecule has 27 heavy (non-hydrogen) atoms. The van der Waals surface area contributed by atoms with Gasteiger partial charge in [-0.05, 0) is 68.4 Å². The van der Waals surface area contributed by atoms with Crippen LogP contribution in [0.3, 0.4) is 0 Å². The molecule has 0 bridgehead atoms. The molecule has 0 atom stereocenters. The zero-order valence-corrected chi connectivity index (χ0v) is 16.2. The van der Waals surface area contributed by atoms with Crippen molar-refractivity contribution in [3.63, 3.8) is 0 Å². The standard InChI is InChI=1S/C21H23N3O2S/c1-26-17-9-10-18-19(13-17)27-21(23-18)15-5-7-16(8-6-15)22-20(25)14-24-11-3-2-4-12-24/h5-10,13H,2-4,11-12,14H2,1H3,(H,22,25). The first-order valence-electron chi connectivity index (χ1n) is 9.28. The van der Waals surface area contributed by atoms with Crippen molar-refractivity contribution in [1.29, 1.82) is 0 Å². The highest BCUT2D eigenvalue weighted by atomic mass is 32.1. The Bertz CT molecular complexity index is 930. The van der Waals surface area contributed by atoms with Gasteiger partial charge < -0.3 is 10.1 Å². The number of aromatic nitrogens is 1. The van der Waals surface area contributed by atoms with E-state index in [1.165, 1.54) is 19.3 Å². The van der Waals surface area contributed by atoms with Gasteiger partial charge in [0.25, 0.3) is 0 Å². The number of likely N-dealkylation sites (tertiary alicyclic amines) is 1. The van der Waals surface area contributed by atoms with E-state index in [-0.39, 0.29) is 5.91 Å². The van der Waals surface area contributed by atoms with E-state index in [1.54, 1.807) is 18.4 Å². The maximum Gasteiger partial charge on any atom is 0.238 e. The molecule has 3 aromatic rings. The van der Waals surface area contributed by atoms with Crippen molar-refractivity contribution in [1.82, 2.24) is 9.88 Å². The van der Waals surface area contributed by atoms with Crippen molar-refractivity contribution in [2.75, 3.05) is 32.1 Å². The Balaban J connectivity index is 1.43. The van der Waals surface area contributed by atoms with Crippen molar-refractivity contribution in [2.24, 2.45) is 0 Å². The monoisotopic (exact) mass is 381 g/mol. The van der Waals surface area contributed by atoms with Gasteiger partial charge in [0.1, 0.15) is 10.8 Å². The lowest BCUT2D eigenvalue weighted by atomic mass is 10.1. The predicted molar refractivity (Wildman–Crippen MR) is 111 cm³/mol. The normalized spacial score (nSPS) is 15.0. The number of thiazole rings is 1. The molecule has 140 valence electrons. The highest BCUT2D eigenvalue weighted by molar-refractivity contribution is 7.21. The van der Waals surface area contributed by atoms with Crippen LogP contribution in [0.25, 0.3) is 20.8 Å². The van der Waals surface area contributed by atoms with Gasteiger partial charge in [0.05, 0.1) is 23.9 Å². The average molecular weight is 382 g/mol. The van der Waals surface area contributed by atoms with E-state index in [0.717, 1.165) is 45.3 Å². The molecule has 0 radical (unpaired) electrons. The molecule has 1 aromatic heterocycles. The Morgan fingerprint density at radius 3 is 2.67 bits per heavy atom. The van der Waals surface area contributed by atoms with Crippen molar-refractivity contribution < 1.29 is 9.53 Å². The summed E-state index contributed by atoms with van der Waals surface area (Å²) in [7, 11) is 1.67. The predicted octanol–water partition coefficient (Wildman–Crippen LogP) is 4.40. The number of rotatable bonds is 5. The number of carbonyl (C=O) groups excluding carboxylic acids is 1. The Kier molecular flexibility index (Phi) is 5.36. The summed E-state index contributed by atoms with van der Waals surface area (Å²) in [4.78, 5) is 19.2. The maximum atomic E-state index is 12.2. The second-order valence-corrected chi connectivity index (χ2v) is 7.85. The van der Waals surface area contributed by atoms with Crippen LogP contribution in [0.15, 0.2) is 42.5 Å². The minimum Gasteiger partial charge on any atom is -0.497 e. The van der Waals surface area contributed by atoms with Gasteiger partial charge in [0, 0.05) is 11.3 Å². The van der Waals surface area contributed by atoms with Crippen LogP contribution in [0.5, 0.6) is 5.75 Å². The largest absolute Gasteiger partial charge is 0.497 e. The SMILES string of the molecule is COc1ccc2nc(-c3ccc(NC(=O)CN4CCCCC4)cc3)sc2c1. The van der Waals surface area contributed by atoms with Crippen LogP contribution in [-0.2, 0) is 4.79 Å². The summed E-state index contributed by atoms with van der Waals surface area (Å²) in [6.45, 7) is 2.52. The number of benzene rings is 2. The molecule has 2 aromatic carbocycles. The summed E-state index contributed by atoms with van der Waals surface area (Å²) in [6, 6.07) is 13.8. The number of hydrogen-bond donors (Lipinski definition) is 1. The topological polar surface area (TPSA) is 54.5 Å². The van der Waals surface area contributed by atoms with Gasteiger partial charge in [-0.15, -0.1) is 11.3 Å². The van der Waals surface area contributed by atoms with Gasteiger partial charge in [-0.3, -0.25) is 9.69 Å². The minimum atomic E-state index is 0.0525. The Morgan fingerprint density at radius 2 is 1.93 bits per heavy atom. The van der Waals surface area contributed by atoms with E-state index in [9.17, 15) is 4.79 Å². The number of nitrogens with one attached hydrogen (secondary N) is 1. The maximum absolute atomic E-state index is 12.2. The van der Waals surface area contributed by atoms with Gasteiger partial charge in [-0.2, -0.15) is 0 Å². The van der Waals surface area contributed by atoms with Gasteiger partial charge in [-0.25, -0.2) is 4.98 Å². The zero-order chi connectivity index (χ0) is 18.6. The van der Waals surface area contributed by atoms with E-state index >= 15 is 0 Å². The molecule has 5 nitrogen and oxygen atoms in total. The van der Waals surface area contributed by atoms with E-state index < -0.39 is 0 Å². The first kappa shape index (κ1) is 17.9. The average Bonchev–Trinajstić information content (AvgIpc) is 3.12. The van der Waals surface area contributed by atoms with Crippen LogP contribution in [-0.4, -0.2) is 42.5 Å². The molecule has 1 saturated heterocycles. The molecule has 1 amide bonds. The Morgan fingerprint density at radius 1 is 1.15 bits per heavy atom. The van der Waals surface area contributed by atoms with Gasteiger partial charge in [0.15, 0.2) is 0 Å². The molecule has 2 heterocycles. The third kappa shape index (κ3) is 4.28. The zero-order valence-electron chi connectivity index (χ0n) is 15.4. The summed E-state index contributed by atoms with van der Waals surface area (Å²) in [6.07, 6.45) is 3.66. The number of hydrogen-bond acceptors (Lipinski definition) is 5. The molecule has 0 spiro atoms. The molecule has 4 rings (SSSR count). The molecular formula is C21H23N3O2S. The van der Waals surface area contributed by atoms with E-state index in [0.29, 0.717) is 6.54 Å². The Hall–Kier alpha value is -2.44. The van der Waals surface area contributed by atoms with Gasteiger partial charge in [-0.1, -0.05) is 6.42 Å². The van der Waals surface area contributed by atoms with Crippen LogP contribution in [0.1, 0.15) is 19.3 Å². The van der Waals surface area contributed by atoms with Crippen molar-refractivity contribution in [3.05, 3.63) is 42.5 Å². The summed E-state index contributed by atoms with van der Waals surface area (Å²) in [5, 5.41) is 3.96. The van der Waals surface area contributed by atoms with Crippen LogP contribution in [0.4, 0.5) is 5.69 Å². The molecule has 1 aliphatic rings. The quantitative estimate of drug-likeness (QED) is 0.712. The highest BCUT2D eigenvalue weighted by Crippen LogP contribution is 2.32. The first-order valence-corrected chi connectivity index (χ1v) is 10.1. The number of anilines is 1. The second-order valence-electron chi connectivity index (χ2n) is 6.82. The number of amides is 1. The van der Waals surface area contributed by atoms with Crippen LogP contribution < -0.4 is 10.1 Å². The van der Waals surface area contributed by atoms with Crippen molar-refractivity contribution in [3.8, 4) is 16.3 Å². The lowest BCUT2D eigenvalue weighted by Crippen LogP contribution is -2.36. The second kappa shape index (κ2) is 8.06. The third-order valence-electron chi connectivity index (χ3n) is 4.83. The number of fused-ring (bicyclic) bond motifs is 1. The molecule has 0 unspecified atom stereocenters. The van der Waals surface area contributed by atoms with Crippen molar-refractivity contribution in [2.45, 2.75) is 19.3 Å². The fourth-order valence-corrected chi connectivity index (χ4v) is 4.37. The molecular weight excluding hydrogens is 358 g/mol. The smallest absolute Gasteiger partial charge is 0.238 e. The molecule has 1 aliphatic heterocycles. The minimum absolute atomic E-state index is 0.0525. The highest BCUT2D eigenvalue weighted by Gasteiger charge is 2.14.